The van der Waals surface area contributed by atoms with Gasteiger partial charge in [0.25, 0.3) is 0 Å². The summed E-state index contributed by atoms with van der Waals surface area (Å²) in [5, 5.41) is 14.8. The summed E-state index contributed by atoms with van der Waals surface area (Å²) in [6, 6.07) is 0. The van der Waals surface area contributed by atoms with Gasteiger partial charge in [0, 0.05) is 12.4 Å². The Bertz CT molecular complexity index is 700. The molecule has 2 rings (SSSR count). The van der Waals surface area contributed by atoms with Crippen LogP contribution in [0, 0.1) is 0 Å². The van der Waals surface area contributed by atoms with Gasteiger partial charge in [-0.25, -0.2) is 9.59 Å². The number of hydrogen-bond donors (Lipinski definition) is 0. The van der Waals surface area contributed by atoms with Gasteiger partial charge in [0.1, 0.15) is 0 Å². The van der Waals surface area contributed by atoms with Crippen molar-refractivity contribution in [1.29, 1.82) is 0 Å². The summed E-state index contributed by atoms with van der Waals surface area (Å²) in [5.74, 6) is 0.526. The summed E-state index contributed by atoms with van der Waals surface area (Å²) in [5.41, 5.74) is -0.684. The molecule has 2 aromatic heterocycles. The first kappa shape index (κ1) is 15.0. The molecule has 0 N–H and O–H groups in total. The number of tetrazole rings is 2. The Morgan fingerprint density at radius 3 is 1.67 bits per heavy atom. The van der Waals surface area contributed by atoms with Gasteiger partial charge in [-0.15, -0.1) is 11.8 Å². The standard InChI is InChI=1S/C10H14N8O2S/c1-3-5-15-9(19)17(13-11-15)7-21-8-18-10(20)16(6-4-2)12-14-18/h3-6H,7-8H2,1-2H3/b5-3+,6-4+. The number of aromatic nitrogens is 8. The van der Waals surface area contributed by atoms with Crippen LogP contribution in [-0.4, -0.2) is 39.6 Å². The van der Waals surface area contributed by atoms with Gasteiger partial charge < -0.3 is 0 Å². The van der Waals surface area contributed by atoms with E-state index in [0.717, 1.165) is 9.36 Å². The maximum atomic E-state index is 11.8. The second-order valence-corrected chi connectivity index (χ2v) is 4.76. The molecular formula is C10H14N8O2S. The second-order valence-electron chi connectivity index (χ2n) is 3.84. The lowest BCUT2D eigenvalue weighted by molar-refractivity contribution is 0.659. The Labute approximate surface area is 123 Å². The molecule has 0 aliphatic heterocycles. The molecule has 0 aliphatic carbocycles. The molecule has 0 fully saturated rings. The van der Waals surface area contributed by atoms with Crippen molar-refractivity contribution in [3.05, 3.63) is 33.1 Å². The highest BCUT2D eigenvalue weighted by molar-refractivity contribution is 7.97. The van der Waals surface area contributed by atoms with E-state index in [-0.39, 0.29) is 23.1 Å². The topological polar surface area (TPSA) is 105 Å². The molecule has 0 saturated heterocycles. The maximum absolute atomic E-state index is 11.8. The predicted octanol–water partition coefficient (Wildman–Crippen LogP) is -0.477. The lowest BCUT2D eigenvalue weighted by Gasteiger charge is -1.98. The molecule has 0 unspecified atom stereocenters. The average molecular weight is 310 g/mol. The first-order valence-electron chi connectivity index (χ1n) is 6.05. The molecule has 0 amide bonds. The van der Waals surface area contributed by atoms with Crippen LogP contribution in [0.4, 0.5) is 0 Å². The molecule has 0 spiro atoms. The fourth-order valence-electron chi connectivity index (χ4n) is 1.42. The molecule has 2 heterocycles. The van der Waals surface area contributed by atoms with Crippen LogP contribution in [0.15, 0.2) is 21.7 Å². The SMILES string of the molecule is C/C=C/n1nnn(CSCn2nnn(/C=C/C)c2=O)c1=O. The van der Waals surface area contributed by atoms with Crippen molar-refractivity contribution in [2.45, 2.75) is 25.6 Å². The van der Waals surface area contributed by atoms with Crippen LogP contribution >= 0.6 is 11.8 Å². The Morgan fingerprint density at radius 1 is 0.857 bits per heavy atom. The van der Waals surface area contributed by atoms with Crippen molar-refractivity contribution in [3.63, 3.8) is 0 Å². The summed E-state index contributed by atoms with van der Waals surface area (Å²) in [6.07, 6.45) is 6.41. The molecule has 0 atom stereocenters. The number of thioether (sulfide) groups is 1. The van der Waals surface area contributed by atoms with E-state index in [1.54, 1.807) is 26.0 Å². The molecule has 2 aromatic rings. The van der Waals surface area contributed by atoms with Crippen molar-refractivity contribution in [1.82, 2.24) is 39.6 Å². The normalized spacial score (nSPS) is 11.9. The van der Waals surface area contributed by atoms with E-state index < -0.39 is 0 Å². The summed E-state index contributed by atoms with van der Waals surface area (Å²) in [7, 11) is 0. The van der Waals surface area contributed by atoms with Gasteiger partial charge >= 0.3 is 11.4 Å². The quantitative estimate of drug-likeness (QED) is 0.709. The first-order chi connectivity index (χ1) is 10.2. The van der Waals surface area contributed by atoms with Gasteiger partial charge in [-0.3, -0.25) is 0 Å². The summed E-state index contributed by atoms with van der Waals surface area (Å²) >= 11 is 1.30. The highest BCUT2D eigenvalue weighted by Gasteiger charge is 2.07. The Balaban J connectivity index is 1.99. The van der Waals surface area contributed by atoms with Gasteiger partial charge in [-0.1, -0.05) is 12.2 Å². The molecule has 11 heteroatoms. The number of allylic oxidation sites excluding steroid dienone is 2. The molecule has 21 heavy (non-hydrogen) atoms. The minimum Gasteiger partial charge on any atom is -0.244 e. The molecule has 0 saturated carbocycles. The molecular weight excluding hydrogens is 296 g/mol. The Kier molecular flexibility index (Phi) is 4.87. The van der Waals surface area contributed by atoms with E-state index in [4.69, 9.17) is 0 Å². The average Bonchev–Trinajstić information content (AvgIpc) is 2.99. The van der Waals surface area contributed by atoms with E-state index in [0.29, 0.717) is 0 Å². The van der Waals surface area contributed by atoms with Gasteiger partial charge in [0.2, 0.25) is 0 Å². The van der Waals surface area contributed by atoms with E-state index in [2.05, 4.69) is 20.9 Å². The highest BCUT2D eigenvalue weighted by atomic mass is 32.2. The van der Waals surface area contributed by atoms with Crippen LogP contribution < -0.4 is 11.4 Å². The Morgan fingerprint density at radius 2 is 1.29 bits per heavy atom. The van der Waals surface area contributed by atoms with Crippen molar-refractivity contribution >= 4 is 24.2 Å². The predicted molar refractivity (Wildman–Crippen MR) is 78.2 cm³/mol. The monoisotopic (exact) mass is 310 g/mol. The summed E-state index contributed by atoms with van der Waals surface area (Å²) in [4.78, 5) is 23.6. The molecule has 0 aliphatic rings. The van der Waals surface area contributed by atoms with Gasteiger partial charge in [0.05, 0.1) is 11.8 Å². The third-order valence-electron chi connectivity index (χ3n) is 2.33. The van der Waals surface area contributed by atoms with E-state index >= 15 is 0 Å². The maximum Gasteiger partial charge on any atom is 0.368 e. The summed E-state index contributed by atoms with van der Waals surface area (Å²) in [6.45, 7) is 3.56. The fraction of sp³-hybridized carbons (Fsp3) is 0.400. The van der Waals surface area contributed by atoms with Crippen LogP contribution in [0.1, 0.15) is 13.8 Å². The molecule has 0 bridgehead atoms. The number of rotatable bonds is 6. The number of hydrogen-bond acceptors (Lipinski definition) is 7. The van der Waals surface area contributed by atoms with Crippen molar-refractivity contribution in [2.24, 2.45) is 0 Å². The second kappa shape index (κ2) is 6.83. The molecule has 0 aromatic carbocycles. The van der Waals surface area contributed by atoms with Crippen LogP contribution in [0.3, 0.4) is 0 Å². The van der Waals surface area contributed by atoms with E-state index in [1.165, 1.54) is 33.5 Å². The Hall–Kier alpha value is -2.43. The van der Waals surface area contributed by atoms with Gasteiger partial charge in [-0.2, -0.15) is 18.7 Å². The molecule has 112 valence electrons. The van der Waals surface area contributed by atoms with Crippen molar-refractivity contribution in [2.75, 3.05) is 0 Å². The van der Waals surface area contributed by atoms with Crippen LogP contribution in [0.25, 0.3) is 12.4 Å². The highest BCUT2D eigenvalue weighted by Crippen LogP contribution is 2.03. The van der Waals surface area contributed by atoms with Crippen LogP contribution in [0.2, 0.25) is 0 Å². The fourth-order valence-corrected chi connectivity index (χ4v) is 2.17. The lowest BCUT2D eigenvalue weighted by atomic mass is 10.7. The third-order valence-corrected chi connectivity index (χ3v) is 3.18. The van der Waals surface area contributed by atoms with Gasteiger partial charge in [0.15, 0.2) is 0 Å². The molecule has 0 radical (unpaired) electrons. The smallest absolute Gasteiger partial charge is 0.244 e. The zero-order valence-electron chi connectivity index (χ0n) is 11.5. The third kappa shape index (κ3) is 3.37. The van der Waals surface area contributed by atoms with Crippen LogP contribution in [-0.2, 0) is 11.8 Å². The number of nitrogens with zero attached hydrogens (tertiary/aromatic N) is 8. The van der Waals surface area contributed by atoms with E-state index in [1.807, 2.05) is 0 Å². The summed E-state index contributed by atoms with van der Waals surface area (Å²) < 4.78 is 4.67. The van der Waals surface area contributed by atoms with Gasteiger partial charge in [-0.05, 0) is 34.7 Å². The van der Waals surface area contributed by atoms with Crippen LogP contribution in [0.5, 0.6) is 0 Å². The van der Waals surface area contributed by atoms with E-state index in [9.17, 15) is 9.59 Å². The minimum atomic E-state index is -0.342. The zero-order chi connectivity index (χ0) is 15.2. The molecule has 10 nitrogen and oxygen atoms in total. The van der Waals surface area contributed by atoms with Crippen molar-refractivity contribution in [3.8, 4) is 0 Å². The van der Waals surface area contributed by atoms with Crippen molar-refractivity contribution < 1.29 is 0 Å². The largest absolute Gasteiger partial charge is 0.368 e. The lowest BCUT2D eigenvalue weighted by Crippen LogP contribution is -2.24. The minimum absolute atomic E-state index is 0.263. The first-order valence-corrected chi connectivity index (χ1v) is 7.20. The zero-order valence-corrected chi connectivity index (χ0v) is 12.3.